The Kier molecular flexibility index (Phi) is 5.62. The molecule has 2 unspecified atom stereocenters. The van der Waals surface area contributed by atoms with Crippen molar-refractivity contribution in [1.82, 2.24) is 10.6 Å². The van der Waals surface area contributed by atoms with Crippen LogP contribution < -0.4 is 10.6 Å². The topological polar surface area (TPSA) is 24.1 Å². The molecule has 1 fully saturated rings. The van der Waals surface area contributed by atoms with Gasteiger partial charge in [0.25, 0.3) is 0 Å². The molecule has 90 valence electrons. The van der Waals surface area contributed by atoms with Gasteiger partial charge in [-0.05, 0) is 50.6 Å². The zero-order chi connectivity index (χ0) is 11.3. The minimum absolute atomic E-state index is 0.602. The van der Waals surface area contributed by atoms with Crippen LogP contribution in [0.15, 0.2) is 0 Å². The molecule has 0 spiro atoms. The van der Waals surface area contributed by atoms with Crippen molar-refractivity contribution in [3.8, 4) is 0 Å². The summed E-state index contributed by atoms with van der Waals surface area (Å²) in [5, 5.41) is 7.11. The summed E-state index contributed by atoms with van der Waals surface area (Å²) >= 11 is 0. The van der Waals surface area contributed by atoms with Gasteiger partial charge in [-0.15, -0.1) is 0 Å². The minimum atomic E-state index is 0.602. The molecule has 0 saturated heterocycles. The van der Waals surface area contributed by atoms with Gasteiger partial charge in [0.15, 0.2) is 0 Å². The van der Waals surface area contributed by atoms with Gasteiger partial charge in [-0.3, -0.25) is 0 Å². The van der Waals surface area contributed by atoms with Crippen LogP contribution >= 0.6 is 0 Å². The van der Waals surface area contributed by atoms with Crippen LogP contribution in [-0.2, 0) is 0 Å². The van der Waals surface area contributed by atoms with Gasteiger partial charge < -0.3 is 10.6 Å². The van der Waals surface area contributed by atoms with Crippen molar-refractivity contribution in [3.05, 3.63) is 0 Å². The Bertz CT molecular complexity index is 164. The van der Waals surface area contributed by atoms with Gasteiger partial charge in [0.1, 0.15) is 0 Å². The van der Waals surface area contributed by atoms with Crippen LogP contribution in [0.4, 0.5) is 0 Å². The fraction of sp³-hybridized carbons (Fsp3) is 1.00. The van der Waals surface area contributed by atoms with Crippen molar-refractivity contribution < 1.29 is 0 Å². The second-order valence-electron chi connectivity index (χ2n) is 5.68. The molecule has 1 aliphatic carbocycles. The van der Waals surface area contributed by atoms with Gasteiger partial charge in [-0.1, -0.05) is 20.8 Å². The number of rotatable bonds is 8. The molecule has 2 nitrogen and oxygen atoms in total. The van der Waals surface area contributed by atoms with Gasteiger partial charge in [-0.2, -0.15) is 0 Å². The average Bonchev–Trinajstić information content (AvgIpc) is 2.96. The third-order valence-electron chi connectivity index (χ3n) is 3.22. The van der Waals surface area contributed by atoms with E-state index in [9.17, 15) is 0 Å². The van der Waals surface area contributed by atoms with Crippen LogP contribution in [0.25, 0.3) is 0 Å². The Morgan fingerprint density at radius 3 is 2.20 bits per heavy atom. The SMILES string of the molecule is CC(C)CNCC(C)NCC(C)C1CC1. The van der Waals surface area contributed by atoms with Gasteiger partial charge >= 0.3 is 0 Å². The summed E-state index contributed by atoms with van der Waals surface area (Å²) in [7, 11) is 0. The minimum Gasteiger partial charge on any atom is -0.315 e. The van der Waals surface area contributed by atoms with Crippen molar-refractivity contribution in [2.24, 2.45) is 17.8 Å². The van der Waals surface area contributed by atoms with E-state index in [0.29, 0.717) is 6.04 Å². The number of nitrogens with one attached hydrogen (secondary N) is 2. The molecule has 0 aromatic carbocycles. The Morgan fingerprint density at radius 2 is 1.67 bits per heavy atom. The monoisotopic (exact) mass is 212 g/mol. The smallest absolute Gasteiger partial charge is 0.0164 e. The van der Waals surface area contributed by atoms with Crippen molar-refractivity contribution >= 4 is 0 Å². The van der Waals surface area contributed by atoms with E-state index in [2.05, 4.69) is 38.3 Å². The summed E-state index contributed by atoms with van der Waals surface area (Å²) in [6, 6.07) is 0.602. The van der Waals surface area contributed by atoms with Crippen molar-refractivity contribution in [3.63, 3.8) is 0 Å². The molecule has 0 amide bonds. The number of hydrogen-bond acceptors (Lipinski definition) is 2. The van der Waals surface area contributed by atoms with E-state index in [4.69, 9.17) is 0 Å². The van der Waals surface area contributed by atoms with Crippen molar-refractivity contribution in [2.45, 2.75) is 46.6 Å². The molecule has 1 aliphatic rings. The molecule has 0 bridgehead atoms. The van der Waals surface area contributed by atoms with Crippen LogP contribution in [0.3, 0.4) is 0 Å². The summed E-state index contributed by atoms with van der Waals surface area (Å²) in [6.45, 7) is 12.6. The van der Waals surface area contributed by atoms with E-state index in [-0.39, 0.29) is 0 Å². The number of hydrogen-bond donors (Lipinski definition) is 2. The largest absolute Gasteiger partial charge is 0.315 e. The molecule has 2 heteroatoms. The Morgan fingerprint density at radius 1 is 1.00 bits per heavy atom. The van der Waals surface area contributed by atoms with Gasteiger partial charge in [0.05, 0.1) is 0 Å². The first kappa shape index (κ1) is 13.0. The second kappa shape index (κ2) is 6.49. The maximum absolute atomic E-state index is 3.61. The first-order valence-electron chi connectivity index (χ1n) is 6.53. The Hall–Kier alpha value is -0.0800. The molecule has 0 aromatic heterocycles. The average molecular weight is 212 g/mol. The Balaban J connectivity index is 1.95. The van der Waals surface area contributed by atoms with Crippen LogP contribution in [0, 0.1) is 17.8 Å². The van der Waals surface area contributed by atoms with Gasteiger partial charge in [0.2, 0.25) is 0 Å². The molecular formula is C13H28N2. The van der Waals surface area contributed by atoms with E-state index in [1.54, 1.807) is 0 Å². The first-order valence-corrected chi connectivity index (χ1v) is 6.53. The maximum Gasteiger partial charge on any atom is 0.0164 e. The Labute approximate surface area is 95.2 Å². The summed E-state index contributed by atoms with van der Waals surface area (Å²) in [6.07, 6.45) is 2.92. The highest BCUT2D eigenvalue weighted by atomic mass is 15.0. The summed E-state index contributed by atoms with van der Waals surface area (Å²) in [5.41, 5.74) is 0. The van der Waals surface area contributed by atoms with Gasteiger partial charge in [0, 0.05) is 12.6 Å². The molecule has 2 N–H and O–H groups in total. The molecule has 0 radical (unpaired) electrons. The maximum atomic E-state index is 3.61. The molecule has 0 aromatic rings. The first-order chi connectivity index (χ1) is 7.09. The lowest BCUT2D eigenvalue weighted by Crippen LogP contribution is -2.39. The molecular weight excluding hydrogens is 184 g/mol. The fourth-order valence-corrected chi connectivity index (χ4v) is 1.88. The molecule has 0 aliphatic heterocycles. The van der Waals surface area contributed by atoms with E-state index < -0.39 is 0 Å². The third kappa shape index (κ3) is 6.16. The zero-order valence-electron chi connectivity index (χ0n) is 10.8. The van der Waals surface area contributed by atoms with Crippen LogP contribution in [0.2, 0.25) is 0 Å². The zero-order valence-corrected chi connectivity index (χ0v) is 10.8. The van der Waals surface area contributed by atoms with Crippen molar-refractivity contribution in [1.29, 1.82) is 0 Å². The standard InChI is InChI=1S/C13H28N2/c1-10(2)7-14-9-12(4)15-8-11(3)13-5-6-13/h10-15H,5-9H2,1-4H3. The normalized spacial score (nSPS) is 20.6. The van der Waals surface area contributed by atoms with Crippen molar-refractivity contribution in [2.75, 3.05) is 19.6 Å². The van der Waals surface area contributed by atoms with Crippen LogP contribution in [-0.4, -0.2) is 25.7 Å². The lowest BCUT2D eigenvalue weighted by molar-refractivity contribution is 0.408. The van der Waals surface area contributed by atoms with Crippen LogP contribution in [0.1, 0.15) is 40.5 Å². The highest BCUT2D eigenvalue weighted by Gasteiger charge is 2.27. The lowest BCUT2D eigenvalue weighted by Gasteiger charge is -2.18. The summed E-state index contributed by atoms with van der Waals surface area (Å²) in [5.74, 6) is 2.65. The highest BCUT2D eigenvalue weighted by molar-refractivity contribution is 4.80. The predicted molar refractivity (Wildman–Crippen MR) is 67.1 cm³/mol. The molecule has 0 heterocycles. The van der Waals surface area contributed by atoms with E-state index in [1.807, 2.05) is 0 Å². The van der Waals surface area contributed by atoms with E-state index in [1.165, 1.54) is 19.4 Å². The molecule has 15 heavy (non-hydrogen) atoms. The summed E-state index contributed by atoms with van der Waals surface area (Å²) in [4.78, 5) is 0. The van der Waals surface area contributed by atoms with E-state index >= 15 is 0 Å². The van der Waals surface area contributed by atoms with E-state index in [0.717, 1.165) is 30.8 Å². The second-order valence-corrected chi connectivity index (χ2v) is 5.68. The third-order valence-corrected chi connectivity index (χ3v) is 3.22. The fourth-order valence-electron chi connectivity index (χ4n) is 1.88. The molecule has 2 atom stereocenters. The quantitative estimate of drug-likeness (QED) is 0.645. The molecule has 1 rings (SSSR count). The predicted octanol–water partition coefficient (Wildman–Crippen LogP) is 2.26. The van der Waals surface area contributed by atoms with Gasteiger partial charge in [-0.25, -0.2) is 0 Å². The molecule has 1 saturated carbocycles. The lowest BCUT2D eigenvalue weighted by atomic mass is 10.1. The summed E-state index contributed by atoms with van der Waals surface area (Å²) < 4.78 is 0. The highest BCUT2D eigenvalue weighted by Crippen LogP contribution is 2.36. The van der Waals surface area contributed by atoms with Crippen LogP contribution in [0.5, 0.6) is 0 Å².